The second kappa shape index (κ2) is 4.38. The van der Waals surface area contributed by atoms with Crippen LogP contribution in [0.15, 0.2) is 30.5 Å². The number of fused-ring (bicyclic) bond motifs is 1. The van der Waals surface area contributed by atoms with Crippen LogP contribution in [-0.2, 0) is 0 Å². The summed E-state index contributed by atoms with van der Waals surface area (Å²) in [6.07, 6.45) is 1.52. The van der Waals surface area contributed by atoms with Crippen molar-refractivity contribution in [2.75, 3.05) is 0 Å². The Bertz CT molecular complexity index is 861. The molecule has 6 heteroatoms. The number of pyridine rings is 1. The van der Waals surface area contributed by atoms with E-state index in [1.807, 2.05) is 6.07 Å². The predicted molar refractivity (Wildman–Crippen MR) is 67.8 cm³/mol. The van der Waals surface area contributed by atoms with E-state index >= 15 is 0 Å². The van der Waals surface area contributed by atoms with Crippen molar-refractivity contribution in [1.29, 1.82) is 5.26 Å². The maximum absolute atomic E-state index is 14.1. The molecular weight excluding hydrogens is 262 g/mol. The Morgan fingerprint density at radius 3 is 2.75 bits per heavy atom. The Balaban J connectivity index is 2.32. The molecule has 0 bridgehead atoms. The predicted octanol–water partition coefficient (Wildman–Crippen LogP) is 2.85. The molecule has 0 spiro atoms. The summed E-state index contributed by atoms with van der Waals surface area (Å²) in [4.78, 5) is 0. The molecule has 20 heavy (non-hydrogen) atoms. The monoisotopic (exact) mass is 270 g/mol. The van der Waals surface area contributed by atoms with Gasteiger partial charge >= 0.3 is 0 Å². The van der Waals surface area contributed by atoms with Crippen molar-refractivity contribution < 1.29 is 8.78 Å². The molecule has 0 aliphatic heterocycles. The standard InChI is InChI=1S/C14H8F2N4/c1-8-2-3-10(15)12(13(8)16)14-19-18-11-6-9(7-17)4-5-20(11)14/h2-6H,1H3. The van der Waals surface area contributed by atoms with Crippen molar-refractivity contribution in [3.05, 3.63) is 53.2 Å². The van der Waals surface area contributed by atoms with Crippen LogP contribution in [-0.4, -0.2) is 14.6 Å². The van der Waals surface area contributed by atoms with E-state index in [0.29, 0.717) is 16.8 Å². The molecule has 2 aromatic heterocycles. The van der Waals surface area contributed by atoms with Crippen molar-refractivity contribution in [1.82, 2.24) is 14.6 Å². The summed E-state index contributed by atoms with van der Waals surface area (Å²) in [7, 11) is 0. The molecule has 0 aliphatic carbocycles. The molecule has 0 atom stereocenters. The number of aromatic nitrogens is 3. The Hall–Kier alpha value is -2.81. The van der Waals surface area contributed by atoms with Crippen LogP contribution in [0.5, 0.6) is 0 Å². The molecule has 3 rings (SSSR count). The van der Waals surface area contributed by atoms with Crippen LogP contribution < -0.4 is 0 Å². The van der Waals surface area contributed by atoms with Gasteiger partial charge in [-0.3, -0.25) is 4.40 Å². The number of nitrogens with zero attached hydrogens (tertiary/aromatic N) is 4. The molecule has 98 valence electrons. The van der Waals surface area contributed by atoms with Gasteiger partial charge in [-0.1, -0.05) is 6.07 Å². The highest BCUT2D eigenvalue weighted by Crippen LogP contribution is 2.27. The largest absolute Gasteiger partial charge is 0.282 e. The van der Waals surface area contributed by atoms with Crippen molar-refractivity contribution in [2.24, 2.45) is 0 Å². The van der Waals surface area contributed by atoms with Crippen LogP contribution in [0.4, 0.5) is 8.78 Å². The van der Waals surface area contributed by atoms with Gasteiger partial charge in [0.25, 0.3) is 0 Å². The van der Waals surface area contributed by atoms with Crippen molar-refractivity contribution in [2.45, 2.75) is 6.92 Å². The lowest BCUT2D eigenvalue weighted by Gasteiger charge is -2.05. The third-order valence-corrected chi connectivity index (χ3v) is 3.05. The third kappa shape index (κ3) is 1.72. The fourth-order valence-corrected chi connectivity index (χ4v) is 1.99. The zero-order chi connectivity index (χ0) is 14.3. The van der Waals surface area contributed by atoms with Gasteiger partial charge in [-0.25, -0.2) is 8.78 Å². The highest BCUT2D eigenvalue weighted by Gasteiger charge is 2.19. The number of aryl methyl sites for hydroxylation is 1. The van der Waals surface area contributed by atoms with Crippen LogP contribution in [0.3, 0.4) is 0 Å². The van der Waals surface area contributed by atoms with Crippen molar-refractivity contribution in [3.8, 4) is 17.5 Å². The Labute approximate surface area is 112 Å². The number of benzene rings is 1. The van der Waals surface area contributed by atoms with Crippen LogP contribution in [0.1, 0.15) is 11.1 Å². The highest BCUT2D eigenvalue weighted by molar-refractivity contribution is 5.62. The SMILES string of the molecule is Cc1ccc(F)c(-c2nnc3cc(C#N)ccn23)c1F. The van der Waals surface area contributed by atoms with E-state index in [1.165, 1.54) is 34.9 Å². The van der Waals surface area contributed by atoms with E-state index in [9.17, 15) is 8.78 Å². The number of hydrogen-bond donors (Lipinski definition) is 0. The lowest BCUT2D eigenvalue weighted by molar-refractivity contribution is 0.581. The summed E-state index contributed by atoms with van der Waals surface area (Å²) in [5.74, 6) is -1.29. The summed E-state index contributed by atoms with van der Waals surface area (Å²) < 4.78 is 29.5. The molecule has 2 heterocycles. The minimum Gasteiger partial charge on any atom is -0.282 e. The molecule has 0 amide bonds. The molecule has 3 aromatic rings. The average Bonchev–Trinajstić information content (AvgIpc) is 2.86. The van der Waals surface area contributed by atoms with Gasteiger partial charge in [0.1, 0.15) is 11.6 Å². The molecule has 0 saturated carbocycles. The lowest BCUT2D eigenvalue weighted by Crippen LogP contribution is -1.98. The summed E-state index contributed by atoms with van der Waals surface area (Å²) in [6.45, 7) is 1.55. The first-order valence-electron chi connectivity index (χ1n) is 5.81. The van der Waals surface area contributed by atoms with Crippen molar-refractivity contribution in [3.63, 3.8) is 0 Å². The van der Waals surface area contributed by atoms with Gasteiger partial charge in [-0.05, 0) is 24.6 Å². The summed E-state index contributed by atoms with van der Waals surface area (Å²) in [6, 6.07) is 7.57. The maximum Gasteiger partial charge on any atom is 0.174 e. The van der Waals surface area contributed by atoms with E-state index in [2.05, 4.69) is 10.2 Å². The van der Waals surface area contributed by atoms with Crippen molar-refractivity contribution >= 4 is 5.65 Å². The quantitative estimate of drug-likeness (QED) is 0.683. The second-order valence-corrected chi connectivity index (χ2v) is 4.33. The minimum absolute atomic E-state index is 0.0724. The first kappa shape index (κ1) is 12.2. The summed E-state index contributed by atoms with van der Waals surface area (Å²) in [5.41, 5.74) is 0.870. The molecule has 0 fully saturated rings. The first-order chi connectivity index (χ1) is 9.61. The Kier molecular flexibility index (Phi) is 2.68. The number of nitriles is 1. The molecule has 0 saturated heterocycles. The summed E-state index contributed by atoms with van der Waals surface area (Å²) in [5, 5.41) is 16.5. The van der Waals surface area contributed by atoms with Gasteiger partial charge in [0, 0.05) is 12.3 Å². The molecule has 0 N–H and O–H groups in total. The fourth-order valence-electron chi connectivity index (χ4n) is 1.99. The van der Waals surface area contributed by atoms with Crippen LogP contribution in [0.25, 0.3) is 17.0 Å². The first-order valence-corrected chi connectivity index (χ1v) is 5.81. The Morgan fingerprint density at radius 2 is 2.00 bits per heavy atom. The van der Waals surface area contributed by atoms with E-state index in [0.717, 1.165) is 0 Å². The molecule has 0 unspecified atom stereocenters. The zero-order valence-corrected chi connectivity index (χ0v) is 10.4. The van der Waals surface area contributed by atoms with Crippen LogP contribution in [0, 0.1) is 29.9 Å². The van der Waals surface area contributed by atoms with E-state index in [4.69, 9.17) is 5.26 Å². The third-order valence-electron chi connectivity index (χ3n) is 3.05. The topological polar surface area (TPSA) is 54.0 Å². The zero-order valence-electron chi connectivity index (χ0n) is 10.4. The van der Waals surface area contributed by atoms with E-state index in [1.54, 1.807) is 6.92 Å². The molecule has 0 radical (unpaired) electrons. The Morgan fingerprint density at radius 1 is 1.20 bits per heavy atom. The number of hydrogen-bond acceptors (Lipinski definition) is 3. The molecule has 1 aromatic carbocycles. The minimum atomic E-state index is -0.702. The highest BCUT2D eigenvalue weighted by atomic mass is 19.1. The molecular formula is C14H8F2N4. The normalized spacial score (nSPS) is 10.7. The van der Waals surface area contributed by atoms with Crippen LogP contribution >= 0.6 is 0 Å². The number of rotatable bonds is 1. The summed E-state index contributed by atoms with van der Waals surface area (Å²) >= 11 is 0. The van der Waals surface area contributed by atoms with Crippen LogP contribution in [0.2, 0.25) is 0 Å². The van der Waals surface area contributed by atoms with Gasteiger partial charge in [0.2, 0.25) is 0 Å². The van der Waals surface area contributed by atoms with Gasteiger partial charge in [-0.15, -0.1) is 10.2 Å². The second-order valence-electron chi connectivity index (χ2n) is 4.33. The maximum atomic E-state index is 14.1. The van der Waals surface area contributed by atoms with E-state index < -0.39 is 11.6 Å². The molecule has 0 aliphatic rings. The smallest absolute Gasteiger partial charge is 0.174 e. The fraction of sp³-hybridized carbons (Fsp3) is 0.0714. The van der Waals surface area contributed by atoms with Gasteiger partial charge in [-0.2, -0.15) is 5.26 Å². The molecule has 4 nitrogen and oxygen atoms in total. The van der Waals surface area contributed by atoms with Gasteiger partial charge in [0.05, 0.1) is 17.2 Å². The lowest BCUT2D eigenvalue weighted by atomic mass is 10.1. The van der Waals surface area contributed by atoms with E-state index in [-0.39, 0.29) is 11.4 Å². The van der Waals surface area contributed by atoms with Gasteiger partial charge < -0.3 is 0 Å². The van der Waals surface area contributed by atoms with Gasteiger partial charge in [0.15, 0.2) is 11.5 Å². The number of halogens is 2. The average molecular weight is 270 g/mol.